The monoisotopic (exact) mass is 282 g/mol. The molecular weight excluding hydrogens is 256 g/mol. The van der Waals surface area contributed by atoms with Gasteiger partial charge in [0.1, 0.15) is 0 Å². The number of carbonyl (C=O) groups is 2. The van der Waals surface area contributed by atoms with Crippen molar-refractivity contribution in [3.63, 3.8) is 0 Å². The number of nitrogens with two attached hydrogens (primary N) is 1. The molecule has 6 nitrogen and oxygen atoms in total. The minimum atomic E-state index is -0.113. The first-order valence-electron chi connectivity index (χ1n) is 7.47. The average molecular weight is 282 g/mol. The number of carbonyl (C=O) groups excluding carboxylic acids is 2. The molecule has 2 amide bonds. The second-order valence-electron chi connectivity index (χ2n) is 6.50. The zero-order valence-electron chi connectivity index (χ0n) is 12.5. The molecule has 114 valence electrons. The Morgan fingerprint density at radius 3 is 2.40 bits per heavy atom. The van der Waals surface area contributed by atoms with Crippen LogP contribution < -0.4 is 11.3 Å². The first-order chi connectivity index (χ1) is 9.44. The molecule has 2 saturated heterocycles. The number of amides is 2. The summed E-state index contributed by atoms with van der Waals surface area (Å²) in [7, 11) is 0. The van der Waals surface area contributed by atoms with Gasteiger partial charge in [0, 0.05) is 24.5 Å². The van der Waals surface area contributed by atoms with Gasteiger partial charge in [0.25, 0.3) is 0 Å². The van der Waals surface area contributed by atoms with Crippen molar-refractivity contribution < 1.29 is 9.59 Å². The lowest BCUT2D eigenvalue weighted by atomic mass is 9.96. The van der Waals surface area contributed by atoms with Crippen LogP contribution in [0.1, 0.15) is 39.5 Å². The molecule has 0 saturated carbocycles. The Morgan fingerprint density at radius 1 is 1.25 bits per heavy atom. The number of hydrogen-bond acceptors (Lipinski definition) is 4. The van der Waals surface area contributed by atoms with E-state index < -0.39 is 0 Å². The zero-order valence-corrected chi connectivity index (χ0v) is 12.5. The van der Waals surface area contributed by atoms with E-state index >= 15 is 0 Å². The number of nitrogens with one attached hydrogen (secondary N) is 1. The van der Waals surface area contributed by atoms with Crippen LogP contribution in [0, 0.1) is 5.92 Å². The highest BCUT2D eigenvalue weighted by atomic mass is 16.2. The Morgan fingerprint density at radius 2 is 1.90 bits per heavy atom. The van der Waals surface area contributed by atoms with Gasteiger partial charge in [-0.1, -0.05) is 0 Å². The van der Waals surface area contributed by atoms with Crippen molar-refractivity contribution in [3.8, 4) is 0 Å². The van der Waals surface area contributed by atoms with E-state index in [1.807, 2.05) is 4.90 Å². The van der Waals surface area contributed by atoms with Crippen LogP contribution in [0.15, 0.2) is 0 Å². The molecule has 3 N–H and O–H groups in total. The lowest BCUT2D eigenvalue weighted by molar-refractivity contribution is -0.137. The fourth-order valence-electron chi connectivity index (χ4n) is 3.23. The van der Waals surface area contributed by atoms with E-state index in [0.29, 0.717) is 32.5 Å². The number of likely N-dealkylation sites (tertiary alicyclic amines) is 2. The molecule has 0 aromatic heterocycles. The summed E-state index contributed by atoms with van der Waals surface area (Å²) in [6.45, 7) is 7.22. The molecule has 2 fully saturated rings. The number of hydrazine groups is 1. The predicted octanol–water partition coefficient (Wildman–Crippen LogP) is 0.0893. The number of piperidine rings is 1. The SMILES string of the molecule is CC1(C)CCCN1CC(=O)N1CCC(C(=O)NN)CC1. The maximum atomic E-state index is 12.3. The van der Waals surface area contributed by atoms with E-state index in [-0.39, 0.29) is 23.3 Å². The zero-order chi connectivity index (χ0) is 14.8. The third-order valence-electron chi connectivity index (χ3n) is 4.76. The molecule has 0 radical (unpaired) electrons. The van der Waals surface area contributed by atoms with E-state index in [1.165, 1.54) is 6.42 Å². The van der Waals surface area contributed by atoms with Crippen LogP contribution in [0.5, 0.6) is 0 Å². The standard InChI is InChI=1S/C14H26N4O2/c1-14(2)6-3-7-18(14)10-12(19)17-8-4-11(5-9-17)13(20)16-15/h11H,3-10,15H2,1-2H3,(H,16,20). The van der Waals surface area contributed by atoms with Crippen molar-refractivity contribution in [1.29, 1.82) is 0 Å². The molecule has 0 spiro atoms. The van der Waals surface area contributed by atoms with Crippen molar-refractivity contribution >= 4 is 11.8 Å². The number of nitrogens with zero attached hydrogens (tertiary/aromatic N) is 2. The number of rotatable bonds is 3. The topological polar surface area (TPSA) is 78.7 Å². The van der Waals surface area contributed by atoms with E-state index in [1.54, 1.807) is 0 Å². The Kier molecular flexibility index (Phi) is 4.65. The molecular formula is C14H26N4O2. The van der Waals surface area contributed by atoms with Crippen LogP contribution in [0.2, 0.25) is 0 Å². The fourth-order valence-corrected chi connectivity index (χ4v) is 3.23. The fraction of sp³-hybridized carbons (Fsp3) is 0.857. The quantitative estimate of drug-likeness (QED) is 0.437. The smallest absolute Gasteiger partial charge is 0.237 e. The van der Waals surface area contributed by atoms with Gasteiger partial charge < -0.3 is 4.90 Å². The second-order valence-corrected chi connectivity index (χ2v) is 6.50. The highest BCUT2D eigenvalue weighted by Gasteiger charge is 2.35. The largest absolute Gasteiger partial charge is 0.342 e. The van der Waals surface area contributed by atoms with Gasteiger partial charge in [-0.25, -0.2) is 5.84 Å². The summed E-state index contributed by atoms with van der Waals surface area (Å²) >= 11 is 0. The summed E-state index contributed by atoms with van der Waals surface area (Å²) in [4.78, 5) is 28.0. The highest BCUT2D eigenvalue weighted by Crippen LogP contribution is 2.28. The molecule has 20 heavy (non-hydrogen) atoms. The lowest BCUT2D eigenvalue weighted by Gasteiger charge is -2.35. The Balaban J connectivity index is 1.82. The van der Waals surface area contributed by atoms with Gasteiger partial charge in [0.2, 0.25) is 11.8 Å². The molecule has 0 aliphatic carbocycles. The van der Waals surface area contributed by atoms with Crippen LogP contribution in [0.4, 0.5) is 0 Å². The number of hydrogen-bond donors (Lipinski definition) is 2. The third-order valence-corrected chi connectivity index (χ3v) is 4.76. The van der Waals surface area contributed by atoms with Crippen LogP contribution in [-0.2, 0) is 9.59 Å². The summed E-state index contributed by atoms with van der Waals surface area (Å²) in [6, 6.07) is 0. The van der Waals surface area contributed by atoms with Crippen LogP contribution in [-0.4, -0.2) is 53.3 Å². The first kappa shape index (κ1) is 15.3. The summed E-state index contributed by atoms with van der Waals surface area (Å²) in [5.41, 5.74) is 2.33. The molecule has 2 rings (SSSR count). The summed E-state index contributed by atoms with van der Waals surface area (Å²) in [6.07, 6.45) is 3.73. The van der Waals surface area contributed by atoms with Gasteiger partial charge >= 0.3 is 0 Å². The predicted molar refractivity (Wildman–Crippen MR) is 76.5 cm³/mol. The normalized spacial score (nSPS) is 23.9. The molecule has 6 heteroatoms. The molecule has 2 heterocycles. The molecule has 0 bridgehead atoms. The van der Waals surface area contributed by atoms with Crippen molar-refractivity contribution in [3.05, 3.63) is 0 Å². The van der Waals surface area contributed by atoms with Gasteiger partial charge in [-0.05, 0) is 46.1 Å². The van der Waals surface area contributed by atoms with Crippen LogP contribution >= 0.6 is 0 Å². The first-order valence-corrected chi connectivity index (χ1v) is 7.47. The maximum Gasteiger partial charge on any atom is 0.237 e. The van der Waals surface area contributed by atoms with Crippen molar-refractivity contribution in [2.24, 2.45) is 11.8 Å². The van der Waals surface area contributed by atoms with Crippen LogP contribution in [0.25, 0.3) is 0 Å². The lowest BCUT2D eigenvalue weighted by Crippen LogP contribution is -2.49. The molecule has 0 atom stereocenters. The van der Waals surface area contributed by atoms with Crippen molar-refractivity contribution in [2.75, 3.05) is 26.2 Å². The van der Waals surface area contributed by atoms with Gasteiger partial charge in [-0.3, -0.25) is 19.9 Å². The summed E-state index contributed by atoms with van der Waals surface area (Å²) in [5, 5.41) is 0. The van der Waals surface area contributed by atoms with Crippen molar-refractivity contribution in [2.45, 2.75) is 45.1 Å². The Hall–Kier alpha value is -1.14. The Bertz CT molecular complexity index is 375. The van der Waals surface area contributed by atoms with E-state index in [0.717, 1.165) is 13.0 Å². The highest BCUT2D eigenvalue weighted by molar-refractivity contribution is 5.80. The van der Waals surface area contributed by atoms with Gasteiger partial charge in [-0.2, -0.15) is 0 Å². The third kappa shape index (κ3) is 3.30. The maximum absolute atomic E-state index is 12.3. The van der Waals surface area contributed by atoms with Gasteiger partial charge in [-0.15, -0.1) is 0 Å². The van der Waals surface area contributed by atoms with Gasteiger partial charge in [0.05, 0.1) is 6.54 Å². The average Bonchev–Trinajstić information content (AvgIpc) is 2.77. The molecule has 2 aliphatic rings. The second kappa shape index (κ2) is 6.10. The molecule has 0 aromatic rings. The Labute approximate surface area is 120 Å². The molecule has 0 unspecified atom stereocenters. The van der Waals surface area contributed by atoms with E-state index in [4.69, 9.17) is 5.84 Å². The minimum Gasteiger partial charge on any atom is -0.342 e. The molecule has 2 aliphatic heterocycles. The summed E-state index contributed by atoms with van der Waals surface area (Å²) < 4.78 is 0. The van der Waals surface area contributed by atoms with Gasteiger partial charge in [0.15, 0.2) is 0 Å². The van der Waals surface area contributed by atoms with Crippen LogP contribution in [0.3, 0.4) is 0 Å². The minimum absolute atomic E-state index is 0.0488. The van der Waals surface area contributed by atoms with E-state index in [9.17, 15) is 9.59 Å². The van der Waals surface area contributed by atoms with E-state index in [2.05, 4.69) is 24.2 Å². The van der Waals surface area contributed by atoms with Crippen molar-refractivity contribution in [1.82, 2.24) is 15.2 Å². The molecule has 0 aromatic carbocycles. The summed E-state index contributed by atoms with van der Waals surface area (Å²) in [5.74, 6) is 5.17.